The Morgan fingerprint density at radius 3 is 2.50 bits per heavy atom. The molecule has 1 N–H and O–H groups in total. The van der Waals surface area contributed by atoms with E-state index in [4.69, 9.17) is 4.42 Å². The number of benzene rings is 3. The Labute approximate surface area is 157 Å². The molecule has 1 aromatic heterocycles. The van der Waals surface area contributed by atoms with Gasteiger partial charge in [0.05, 0.1) is 4.90 Å². The van der Waals surface area contributed by atoms with Gasteiger partial charge in [0.25, 0.3) is 10.0 Å². The molecule has 0 radical (unpaired) electrons. The van der Waals surface area contributed by atoms with Gasteiger partial charge in [0.1, 0.15) is 5.58 Å². The molecule has 0 atom stereocenters. The number of fused-ring (bicyclic) bond motifs is 2. The van der Waals surface area contributed by atoms with E-state index in [1.807, 2.05) is 18.2 Å². The molecular weight excluding hydrogens is 418 g/mol. The normalized spacial score (nSPS) is 11.7. The highest BCUT2D eigenvalue weighted by atomic mass is 79.9. The number of hydrogen-bond acceptors (Lipinski definition) is 4. The highest BCUT2D eigenvalue weighted by molar-refractivity contribution is 9.10. The van der Waals surface area contributed by atoms with Gasteiger partial charge in [-0.05, 0) is 45.6 Å². The monoisotopic (exact) mass is 429 g/mol. The van der Waals surface area contributed by atoms with E-state index in [2.05, 4.69) is 20.7 Å². The summed E-state index contributed by atoms with van der Waals surface area (Å²) in [6.45, 7) is 0. The fourth-order valence-corrected chi connectivity index (χ4v) is 4.61. The summed E-state index contributed by atoms with van der Waals surface area (Å²) in [6, 6.07) is 18.5. The standard InChI is InChI=1S/C19H12BrNO4S/c20-16-11-19(22)25-17-9-8-13(10-15(16)17)21-26(23,24)18-7-3-5-12-4-1-2-6-14(12)18/h1-11,21H. The molecule has 0 amide bonds. The molecule has 0 spiro atoms. The highest BCUT2D eigenvalue weighted by Crippen LogP contribution is 2.28. The van der Waals surface area contributed by atoms with Gasteiger partial charge in [-0.3, -0.25) is 4.72 Å². The van der Waals surface area contributed by atoms with Crippen LogP contribution in [-0.4, -0.2) is 8.42 Å². The minimum absolute atomic E-state index is 0.203. The fourth-order valence-electron chi connectivity index (χ4n) is 2.83. The molecule has 0 unspecified atom stereocenters. The molecule has 0 aliphatic heterocycles. The van der Waals surface area contributed by atoms with Crippen LogP contribution in [0.1, 0.15) is 0 Å². The van der Waals surface area contributed by atoms with Crippen molar-refractivity contribution >= 4 is 53.4 Å². The average Bonchev–Trinajstić information content (AvgIpc) is 2.61. The van der Waals surface area contributed by atoms with Gasteiger partial charge in [-0.1, -0.05) is 36.4 Å². The molecule has 0 aliphatic carbocycles. The van der Waals surface area contributed by atoms with Gasteiger partial charge in [0, 0.05) is 27.0 Å². The lowest BCUT2D eigenvalue weighted by Crippen LogP contribution is -2.13. The summed E-state index contributed by atoms with van der Waals surface area (Å²) in [4.78, 5) is 11.6. The molecule has 3 aromatic carbocycles. The van der Waals surface area contributed by atoms with Gasteiger partial charge in [0.2, 0.25) is 0 Å². The van der Waals surface area contributed by atoms with Crippen LogP contribution in [0.4, 0.5) is 5.69 Å². The maximum Gasteiger partial charge on any atom is 0.337 e. The number of halogens is 1. The van der Waals surface area contributed by atoms with Gasteiger partial charge in [0.15, 0.2) is 0 Å². The maximum atomic E-state index is 12.9. The Hall–Kier alpha value is -2.64. The fraction of sp³-hybridized carbons (Fsp3) is 0. The first-order valence-corrected chi connectivity index (χ1v) is 9.96. The molecule has 0 bridgehead atoms. The van der Waals surface area contributed by atoms with Gasteiger partial charge < -0.3 is 4.42 Å². The number of sulfonamides is 1. The third-order valence-corrected chi connectivity index (χ3v) is 6.08. The Balaban J connectivity index is 1.81. The predicted octanol–water partition coefficient (Wildman–Crippen LogP) is 4.51. The summed E-state index contributed by atoms with van der Waals surface area (Å²) in [7, 11) is -3.79. The van der Waals surface area contributed by atoms with Crippen molar-refractivity contribution in [1.82, 2.24) is 0 Å². The van der Waals surface area contributed by atoms with Crippen LogP contribution >= 0.6 is 15.9 Å². The second-order valence-corrected chi connectivity index (χ2v) is 8.21. The van der Waals surface area contributed by atoms with Crippen LogP contribution in [0.5, 0.6) is 0 Å². The van der Waals surface area contributed by atoms with Crippen LogP contribution in [0.25, 0.3) is 21.7 Å². The lowest BCUT2D eigenvalue weighted by Gasteiger charge is -2.11. The molecule has 4 aromatic rings. The van der Waals surface area contributed by atoms with Gasteiger partial charge in [-0.2, -0.15) is 0 Å². The molecule has 1 heterocycles. The van der Waals surface area contributed by atoms with Gasteiger partial charge >= 0.3 is 5.63 Å². The summed E-state index contributed by atoms with van der Waals surface area (Å²) in [5, 5.41) is 2.09. The van der Waals surface area contributed by atoms with Crippen molar-refractivity contribution in [2.45, 2.75) is 4.90 Å². The van der Waals surface area contributed by atoms with Crippen molar-refractivity contribution in [1.29, 1.82) is 0 Å². The average molecular weight is 430 g/mol. The molecule has 0 saturated heterocycles. The van der Waals surface area contributed by atoms with Crippen LogP contribution in [-0.2, 0) is 10.0 Å². The molecule has 0 aliphatic rings. The Bertz CT molecular complexity index is 1310. The van der Waals surface area contributed by atoms with E-state index in [0.717, 1.165) is 5.39 Å². The maximum absolute atomic E-state index is 12.9. The molecule has 4 rings (SSSR count). The molecule has 0 saturated carbocycles. The third kappa shape index (κ3) is 3.00. The summed E-state index contributed by atoms with van der Waals surface area (Å²) in [6.07, 6.45) is 0. The van der Waals surface area contributed by atoms with Crippen LogP contribution < -0.4 is 10.3 Å². The molecule has 130 valence electrons. The molecular formula is C19H12BrNO4S. The predicted molar refractivity (Wildman–Crippen MR) is 105 cm³/mol. The summed E-state index contributed by atoms with van der Waals surface area (Å²) in [5.74, 6) is 0. The lowest BCUT2D eigenvalue weighted by atomic mass is 10.1. The van der Waals surface area contributed by atoms with E-state index < -0.39 is 15.6 Å². The largest absolute Gasteiger partial charge is 0.423 e. The Morgan fingerprint density at radius 1 is 0.885 bits per heavy atom. The zero-order valence-electron chi connectivity index (χ0n) is 13.3. The van der Waals surface area contributed by atoms with Crippen LogP contribution in [0, 0.1) is 0 Å². The molecule has 7 heteroatoms. The Kier molecular flexibility index (Phi) is 4.05. The third-order valence-electron chi connectivity index (χ3n) is 3.98. The van der Waals surface area contributed by atoms with Gasteiger partial charge in [-0.25, -0.2) is 13.2 Å². The second-order valence-electron chi connectivity index (χ2n) is 5.71. The zero-order valence-corrected chi connectivity index (χ0v) is 15.7. The quantitative estimate of drug-likeness (QED) is 0.486. The first-order chi connectivity index (χ1) is 12.4. The second kappa shape index (κ2) is 6.26. The molecule has 26 heavy (non-hydrogen) atoms. The molecule has 0 fully saturated rings. The van der Waals surface area contributed by atoms with Crippen LogP contribution in [0.3, 0.4) is 0 Å². The van der Waals surface area contributed by atoms with Crippen molar-refractivity contribution in [3.8, 4) is 0 Å². The summed E-state index contributed by atoms with van der Waals surface area (Å²) in [5.41, 5.74) is 0.269. The SMILES string of the molecule is O=c1cc(Br)c2cc(NS(=O)(=O)c3cccc4ccccc34)ccc2o1. The Morgan fingerprint density at radius 2 is 1.65 bits per heavy atom. The smallest absolute Gasteiger partial charge is 0.337 e. The van der Waals surface area contributed by atoms with Crippen molar-refractivity contribution in [2.24, 2.45) is 0 Å². The minimum Gasteiger partial charge on any atom is -0.423 e. The van der Waals surface area contributed by atoms with Crippen LogP contribution in [0.2, 0.25) is 0 Å². The number of hydrogen-bond donors (Lipinski definition) is 1. The van der Waals surface area contributed by atoms with Crippen molar-refractivity contribution < 1.29 is 12.8 Å². The zero-order chi connectivity index (χ0) is 18.3. The number of anilines is 1. The van der Waals surface area contributed by atoms with E-state index in [0.29, 0.717) is 26.5 Å². The number of rotatable bonds is 3. The number of nitrogens with one attached hydrogen (secondary N) is 1. The lowest BCUT2D eigenvalue weighted by molar-refractivity contribution is 0.560. The van der Waals surface area contributed by atoms with Crippen molar-refractivity contribution in [3.63, 3.8) is 0 Å². The van der Waals surface area contributed by atoms with Crippen LogP contribution in [0.15, 0.2) is 85.3 Å². The summed E-state index contributed by atoms with van der Waals surface area (Å²) < 4.78 is 34.0. The van der Waals surface area contributed by atoms with Gasteiger partial charge in [-0.15, -0.1) is 0 Å². The first-order valence-electron chi connectivity index (χ1n) is 7.68. The van der Waals surface area contributed by atoms with E-state index in [1.165, 1.54) is 6.07 Å². The first kappa shape index (κ1) is 16.8. The van der Waals surface area contributed by atoms with E-state index in [-0.39, 0.29) is 4.90 Å². The van der Waals surface area contributed by atoms with E-state index in [9.17, 15) is 13.2 Å². The van der Waals surface area contributed by atoms with Crippen molar-refractivity contribution in [2.75, 3.05) is 4.72 Å². The summed E-state index contributed by atoms with van der Waals surface area (Å²) >= 11 is 3.30. The minimum atomic E-state index is -3.79. The highest BCUT2D eigenvalue weighted by Gasteiger charge is 2.18. The molecule has 5 nitrogen and oxygen atoms in total. The topological polar surface area (TPSA) is 76.4 Å². The van der Waals surface area contributed by atoms with E-state index >= 15 is 0 Å². The van der Waals surface area contributed by atoms with E-state index in [1.54, 1.807) is 42.5 Å². The van der Waals surface area contributed by atoms with Crippen molar-refractivity contribution in [3.05, 3.63) is 81.6 Å².